The van der Waals surface area contributed by atoms with E-state index in [-0.39, 0.29) is 23.1 Å². The number of aromatic amines is 1. The Labute approximate surface area is 129 Å². The highest BCUT2D eigenvalue weighted by Gasteiger charge is 2.30. The number of carbonyl (C=O) groups is 1. The highest BCUT2D eigenvalue weighted by Crippen LogP contribution is 2.37. The van der Waals surface area contributed by atoms with Crippen LogP contribution in [0, 0.1) is 0 Å². The van der Waals surface area contributed by atoms with E-state index in [9.17, 15) is 4.79 Å². The Morgan fingerprint density at radius 2 is 2.40 bits per heavy atom. The zero-order chi connectivity index (χ0) is 13.3. The molecule has 0 bridgehead atoms. The molecule has 2 aliphatic heterocycles. The van der Waals surface area contributed by atoms with Gasteiger partial charge in [-0.05, 0) is 25.5 Å². The van der Waals surface area contributed by atoms with Gasteiger partial charge in [0, 0.05) is 42.1 Å². The molecule has 3 N–H and O–H groups in total. The third-order valence-electron chi connectivity index (χ3n) is 3.94. The molecule has 1 aromatic rings. The van der Waals surface area contributed by atoms with Crippen molar-refractivity contribution < 1.29 is 4.79 Å². The van der Waals surface area contributed by atoms with Crippen molar-refractivity contribution in [3.8, 4) is 0 Å². The Morgan fingerprint density at radius 1 is 1.55 bits per heavy atom. The molecule has 7 heteroatoms. The fourth-order valence-electron chi connectivity index (χ4n) is 2.74. The summed E-state index contributed by atoms with van der Waals surface area (Å²) in [5.74, 6) is 1.16. The Morgan fingerprint density at radius 3 is 3.15 bits per heavy atom. The number of carbonyl (C=O) groups excluding carboxylic acids is 1. The summed E-state index contributed by atoms with van der Waals surface area (Å²) in [6.45, 7) is 4.64. The first-order valence-corrected chi connectivity index (χ1v) is 7.85. The lowest BCUT2D eigenvalue weighted by atomic mass is 10.0. The number of nitrogens with zero attached hydrogens (tertiary/aromatic N) is 1. The highest BCUT2D eigenvalue weighted by molar-refractivity contribution is 8.00. The lowest BCUT2D eigenvalue weighted by Crippen LogP contribution is -2.37. The minimum atomic E-state index is -0.0464. The van der Waals surface area contributed by atoms with Crippen molar-refractivity contribution in [1.29, 1.82) is 0 Å². The highest BCUT2D eigenvalue weighted by atomic mass is 35.5. The van der Waals surface area contributed by atoms with Crippen LogP contribution in [0.4, 0.5) is 0 Å². The maximum absolute atomic E-state index is 12.2. The van der Waals surface area contributed by atoms with Crippen LogP contribution >= 0.6 is 24.2 Å². The summed E-state index contributed by atoms with van der Waals surface area (Å²) in [6, 6.07) is 0. The third-order valence-corrected chi connectivity index (χ3v) is 5.48. The van der Waals surface area contributed by atoms with Crippen LogP contribution in [0.2, 0.25) is 0 Å². The van der Waals surface area contributed by atoms with Crippen LogP contribution in [0.25, 0.3) is 0 Å². The second kappa shape index (κ2) is 6.37. The molecular formula is C13H21ClN4OS. The molecule has 1 amide bonds. The van der Waals surface area contributed by atoms with Crippen LogP contribution in [0.3, 0.4) is 0 Å². The minimum Gasteiger partial charge on any atom is -0.349 e. The molecule has 112 valence electrons. The fraction of sp³-hybridized carbons (Fsp3) is 0.692. The molecule has 1 saturated heterocycles. The molecule has 0 radical (unpaired) electrons. The van der Waals surface area contributed by atoms with Gasteiger partial charge in [-0.1, -0.05) is 0 Å². The Bertz CT molecular complexity index is 485. The van der Waals surface area contributed by atoms with Gasteiger partial charge in [0.2, 0.25) is 0 Å². The summed E-state index contributed by atoms with van der Waals surface area (Å²) in [4.78, 5) is 12.2. The number of nitrogens with one attached hydrogen (secondary N) is 3. The molecule has 20 heavy (non-hydrogen) atoms. The molecule has 2 aliphatic rings. The topological polar surface area (TPSA) is 69.8 Å². The first kappa shape index (κ1) is 15.7. The van der Waals surface area contributed by atoms with E-state index in [1.807, 2.05) is 11.8 Å². The molecule has 3 heterocycles. The van der Waals surface area contributed by atoms with Gasteiger partial charge < -0.3 is 10.6 Å². The van der Waals surface area contributed by atoms with Crippen LogP contribution in [-0.2, 0) is 13.0 Å². The summed E-state index contributed by atoms with van der Waals surface area (Å²) < 4.78 is 0.199. The van der Waals surface area contributed by atoms with Crippen molar-refractivity contribution in [3.63, 3.8) is 0 Å². The van der Waals surface area contributed by atoms with E-state index < -0.39 is 0 Å². The summed E-state index contributed by atoms with van der Waals surface area (Å²) >= 11 is 1.96. The number of H-pyrrole nitrogens is 1. The van der Waals surface area contributed by atoms with Crippen LogP contribution < -0.4 is 10.6 Å². The standard InChI is InChI=1S/C13H20N4OS.ClH/c1-13(4-2-6-19-13)8-15-12(18)11-9-7-14-5-3-10(9)16-17-11;/h14H,2-8H2,1H3,(H,15,18)(H,16,17);1H. The maximum Gasteiger partial charge on any atom is 0.272 e. The van der Waals surface area contributed by atoms with Crippen molar-refractivity contribution in [2.45, 2.75) is 37.5 Å². The van der Waals surface area contributed by atoms with Gasteiger partial charge in [0.05, 0.1) is 0 Å². The predicted molar refractivity (Wildman–Crippen MR) is 83.7 cm³/mol. The molecule has 3 rings (SSSR count). The molecule has 1 atom stereocenters. The fourth-order valence-corrected chi connectivity index (χ4v) is 3.98. The third kappa shape index (κ3) is 3.13. The van der Waals surface area contributed by atoms with Crippen LogP contribution in [0.5, 0.6) is 0 Å². The molecule has 0 aliphatic carbocycles. The largest absolute Gasteiger partial charge is 0.349 e. The zero-order valence-electron chi connectivity index (χ0n) is 11.6. The molecular weight excluding hydrogens is 296 g/mol. The minimum absolute atomic E-state index is 0. The summed E-state index contributed by atoms with van der Waals surface area (Å²) in [5.41, 5.74) is 2.70. The van der Waals surface area contributed by atoms with Gasteiger partial charge in [0.1, 0.15) is 0 Å². The van der Waals surface area contributed by atoms with Gasteiger partial charge in [-0.2, -0.15) is 16.9 Å². The first-order chi connectivity index (χ1) is 9.18. The normalized spacial score (nSPS) is 24.9. The number of hydrogen-bond donors (Lipinski definition) is 3. The van der Waals surface area contributed by atoms with Gasteiger partial charge in [-0.15, -0.1) is 12.4 Å². The lowest BCUT2D eigenvalue weighted by Gasteiger charge is -2.22. The van der Waals surface area contributed by atoms with Crippen molar-refractivity contribution >= 4 is 30.1 Å². The second-order valence-corrected chi connectivity index (χ2v) is 7.22. The van der Waals surface area contributed by atoms with Crippen molar-refractivity contribution in [3.05, 3.63) is 17.0 Å². The smallest absolute Gasteiger partial charge is 0.272 e. The Balaban J connectivity index is 0.00000147. The van der Waals surface area contributed by atoms with Crippen molar-refractivity contribution in [1.82, 2.24) is 20.8 Å². The molecule has 1 fully saturated rings. The molecule has 1 unspecified atom stereocenters. The van der Waals surface area contributed by atoms with E-state index in [4.69, 9.17) is 0 Å². The number of fused-ring (bicyclic) bond motifs is 1. The van der Waals surface area contributed by atoms with E-state index in [0.29, 0.717) is 5.69 Å². The lowest BCUT2D eigenvalue weighted by molar-refractivity contribution is 0.0943. The number of aromatic nitrogens is 2. The van der Waals surface area contributed by atoms with Gasteiger partial charge in [-0.25, -0.2) is 0 Å². The number of thioether (sulfide) groups is 1. The van der Waals surface area contributed by atoms with Crippen LogP contribution in [0.1, 0.15) is 41.5 Å². The average Bonchev–Trinajstić information content (AvgIpc) is 3.03. The van der Waals surface area contributed by atoms with Gasteiger partial charge >= 0.3 is 0 Å². The summed E-state index contributed by atoms with van der Waals surface area (Å²) in [7, 11) is 0. The number of hydrogen-bond acceptors (Lipinski definition) is 4. The maximum atomic E-state index is 12.2. The SMILES string of the molecule is CC1(CNC(=O)c2n[nH]c3c2CNCC3)CCCS1.Cl. The summed E-state index contributed by atoms with van der Waals surface area (Å²) in [5, 5.41) is 13.5. The second-order valence-electron chi connectivity index (χ2n) is 5.54. The van der Waals surface area contributed by atoms with Crippen molar-refractivity contribution in [2.75, 3.05) is 18.8 Å². The van der Waals surface area contributed by atoms with E-state index in [1.54, 1.807) is 0 Å². The Hall–Kier alpha value is -0.720. The number of amides is 1. The quantitative estimate of drug-likeness (QED) is 0.790. The van der Waals surface area contributed by atoms with Gasteiger partial charge in [0.15, 0.2) is 5.69 Å². The zero-order valence-corrected chi connectivity index (χ0v) is 13.3. The van der Waals surface area contributed by atoms with Crippen molar-refractivity contribution in [2.24, 2.45) is 0 Å². The van der Waals surface area contributed by atoms with E-state index in [2.05, 4.69) is 27.8 Å². The van der Waals surface area contributed by atoms with Gasteiger partial charge in [0.25, 0.3) is 5.91 Å². The molecule has 5 nitrogen and oxygen atoms in total. The van der Waals surface area contributed by atoms with E-state index in [0.717, 1.165) is 37.3 Å². The van der Waals surface area contributed by atoms with E-state index in [1.165, 1.54) is 18.6 Å². The monoisotopic (exact) mass is 316 g/mol. The number of halogens is 1. The predicted octanol–water partition coefficient (Wildman–Crippen LogP) is 1.49. The van der Waals surface area contributed by atoms with Gasteiger partial charge in [-0.3, -0.25) is 9.89 Å². The average molecular weight is 317 g/mol. The molecule has 0 spiro atoms. The summed E-state index contributed by atoms with van der Waals surface area (Å²) in [6.07, 6.45) is 3.35. The number of rotatable bonds is 3. The molecule has 0 saturated carbocycles. The molecule has 0 aromatic carbocycles. The Kier molecular flexibility index (Phi) is 4.99. The van der Waals surface area contributed by atoms with Crippen LogP contribution in [0.15, 0.2) is 0 Å². The molecule has 1 aromatic heterocycles. The van der Waals surface area contributed by atoms with E-state index >= 15 is 0 Å². The first-order valence-electron chi connectivity index (χ1n) is 6.87. The van der Waals surface area contributed by atoms with Crippen LogP contribution in [-0.4, -0.2) is 39.7 Å².